The number of benzene rings is 1. The molecule has 2 aromatic rings. The summed E-state index contributed by atoms with van der Waals surface area (Å²) in [5, 5.41) is 0. The van der Waals surface area contributed by atoms with Gasteiger partial charge in [-0.05, 0) is 50.5 Å². The van der Waals surface area contributed by atoms with E-state index in [9.17, 15) is 4.39 Å². The fourth-order valence-corrected chi connectivity index (χ4v) is 3.11. The van der Waals surface area contributed by atoms with E-state index in [1.165, 1.54) is 12.1 Å². The van der Waals surface area contributed by atoms with Crippen molar-refractivity contribution in [2.45, 2.75) is 6.04 Å². The maximum atomic E-state index is 13.1. The van der Waals surface area contributed by atoms with E-state index >= 15 is 0 Å². The van der Waals surface area contributed by atoms with Crippen LogP contribution in [0.4, 0.5) is 10.1 Å². The number of furan rings is 1. The fraction of sp³-hybridized carbons (Fsp3) is 0.421. The molecular weight excluding hydrogens is 460 g/mol. The van der Waals surface area contributed by atoms with E-state index in [1.54, 1.807) is 6.26 Å². The molecule has 0 spiro atoms. The molecule has 8 heteroatoms. The molecule has 3 rings (SSSR count). The predicted octanol–water partition coefficient (Wildman–Crippen LogP) is 2.78. The van der Waals surface area contributed by atoms with Gasteiger partial charge in [0, 0.05) is 31.9 Å². The maximum Gasteiger partial charge on any atom is 0.191 e. The summed E-state index contributed by atoms with van der Waals surface area (Å²) in [5.41, 5.74) is 7.25. The Labute approximate surface area is 176 Å². The number of halogens is 2. The highest BCUT2D eigenvalue weighted by molar-refractivity contribution is 14.0. The van der Waals surface area contributed by atoms with Crippen LogP contribution in [0.2, 0.25) is 0 Å². The fourth-order valence-electron chi connectivity index (χ4n) is 3.11. The van der Waals surface area contributed by atoms with Gasteiger partial charge < -0.3 is 20.0 Å². The Kier molecular flexibility index (Phi) is 7.91. The Bertz CT molecular complexity index is 712. The zero-order chi connectivity index (χ0) is 18.5. The van der Waals surface area contributed by atoms with Crippen LogP contribution in [0.3, 0.4) is 0 Å². The lowest BCUT2D eigenvalue weighted by molar-refractivity contribution is 0.264. The van der Waals surface area contributed by atoms with Crippen LogP contribution in [-0.2, 0) is 0 Å². The summed E-state index contributed by atoms with van der Waals surface area (Å²) in [6.07, 6.45) is 1.67. The molecule has 2 heterocycles. The van der Waals surface area contributed by atoms with Gasteiger partial charge >= 0.3 is 0 Å². The first-order valence-corrected chi connectivity index (χ1v) is 8.80. The topological polar surface area (TPSA) is 61.2 Å². The molecule has 1 aromatic heterocycles. The minimum atomic E-state index is -0.212. The normalized spacial score (nSPS) is 16.4. The lowest BCUT2D eigenvalue weighted by atomic mass is 10.2. The van der Waals surface area contributed by atoms with Crippen LogP contribution in [0.15, 0.2) is 52.1 Å². The second-order valence-corrected chi connectivity index (χ2v) is 6.64. The van der Waals surface area contributed by atoms with Gasteiger partial charge in [0.2, 0.25) is 0 Å². The Morgan fingerprint density at radius 3 is 2.41 bits per heavy atom. The van der Waals surface area contributed by atoms with Crippen molar-refractivity contribution in [3.63, 3.8) is 0 Å². The van der Waals surface area contributed by atoms with Gasteiger partial charge in [-0.2, -0.15) is 0 Å². The number of hydrogen-bond acceptors (Lipinski definition) is 4. The number of likely N-dealkylation sites (N-methyl/N-ethyl adjacent to an activating group) is 1. The van der Waals surface area contributed by atoms with Crippen LogP contribution in [0.5, 0.6) is 0 Å². The van der Waals surface area contributed by atoms with E-state index in [1.807, 2.05) is 38.4 Å². The number of nitrogens with two attached hydrogens (primary N) is 1. The molecule has 1 atom stereocenters. The minimum absolute atomic E-state index is 0. The van der Waals surface area contributed by atoms with Crippen LogP contribution >= 0.6 is 24.0 Å². The Morgan fingerprint density at radius 2 is 1.85 bits per heavy atom. The molecule has 0 amide bonds. The molecule has 1 aromatic carbocycles. The first kappa shape index (κ1) is 21.5. The second-order valence-electron chi connectivity index (χ2n) is 6.64. The van der Waals surface area contributed by atoms with Crippen LogP contribution < -0.4 is 10.6 Å². The van der Waals surface area contributed by atoms with Gasteiger partial charge in [-0.15, -0.1) is 24.0 Å². The van der Waals surface area contributed by atoms with Crippen molar-refractivity contribution in [2.75, 3.05) is 51.7 Å². The molecule has 1 aliphatic heterocycles. The number of nitrogens with zero attached hydrogens (tertiary/aromatic N) is 4. The summed E-state index contributed by atoms with van der Waals surface area (Å²) in [7, 11) is 4.00. The molecule has 1 unspecified atom stereocenters. The highest BCUT2D eigenvalue weighted by atomic mass is 127. The average Bonchev–Trinajstić information content (AvgIpc) is 3.16. The van der Waals surface area contributed by atoms with E-state index in [0.717, 1.165) is 37.6 Å². The molecule has 0 bridgehead atoms. The van der Waals surface area contributed by atoms with Gasteiger partial charge in [0.05, 0.1) is 18.8 Å². The largest absolute Gasteiger partial charge is 0.468 e. The summed E-state index contributed by atoms with van der Waals surface area (Å²) in [6, 6.07) is 10.5. The summed E-state index contributed by atoms with van der Waals surface area (Å²) in [4.78, 5) is 11.0. The Hall–Kier alpha value is -1.81. The van der Waals surface area contributed by atoms with Crippen molar-refractivity contribution in [3.05, 3.63) is 54.2 Å². The van der Waals surface area contributed by atoms with E-state index in [-0.39, 0.29) is 35.8 Å². The third-order valence-electron chi connectivity index (χ3n) is 4.72. The van der Waals surface area contributed by atoms with Crippen molar-refractivity contribution in [1.29, 1.82) is 0 Å². The second kappa shape index (κ2) is 9.93. The lowest BCUT2D eigenvalue weighted by Crippen LogP contribution is -2.51. The van der Waals surface area contributed by atoms with Crippen molar-refractivity contribution in [3.8, 4) is 0 Å². The standard InChI is InChI=1S/C19H26FN5O.HI/c1-23(2)17(18-4-3-13-26-18)14-22-19(21)25-11-9-24(10-12-25)16-7-5-15(20)6-8-16;/h3-8,13,17H,9-12,14H2,1-2H3,(H2,21,22);1H. The van der Waals surface area contributed by atoms with E-state index in [2.05, 4.69) is 19.7 Å². The van der Waals surface area contributed by atoms with Gasteiger partial charge in [0.15, 0.2) is 5.96 Å². The average molecular weight is 487 g/mol. The lowest BCUT2D eigenvalue weighted by Gasteiger charge is -2.36. The molecule has 6 nitrogen and oxygen atoms in total. The Morgan fingerprint density at radius 1 is 1.19 bits per heavy atom. The van der Waals surface area contributed by atoms with Crippen molar-refractivity contribution in [2.24, 2.45) is 10.7 Å². The van der Waals surface area contributed by atoms with Gasteiger partial charge in [0.1, 0.15) is 11.6 Å². The number of aliphatic imine (C=N–C) groups is 1. The van der Waals surface area contributed by atoms with Gasteiger partial charge in [-0.1, -0.05) is 0 Å². The minimum Gasteiger partial charge on any atom is -0.468 e. The smallest absolute Gasteiger partial charge is 0.191 e. The molecular formula is C19H27FIN5O. The van der Waals surface area contributed by atoms with Crippen LogP contribution in [-0.4, -0.2) is 62.6 Å². The molecule has 2 N–H and O–H groups in total. The highest BCUT2D eigenvalue weighted by Gasteiger charge is 2.20. The van der Waals surface area contributed by atoms with E-state index in [0.29, 0.717) is 12.5 Å². The van der Waals surface area contributed by atoms with Crippen molar-refractivity contribution >= 4 is 35.6 Å². The van der Waals surface area contributed by atoms with Crippen molar-refractivity contribution in [1.82, 2.24) is 9.80 Å². The van der Waals surface area contributed by atoms with Crippen molar-refractivity contribution < 1.29 is 8.81 Å². The van der Waals surface area contributed by atoms with Gasteiger partial charge in [-0.3, -0.25) is 9.89 Å². The molecule has 1 aliphatic rings. The molecule has 27 heavy (non-hydrogen) atoms. The zero-order valence-electron chi connectivity index (χ0n) is 15.7. The number of anilines is 1. The summed E-state index contributed by atoms with van der Waals surface area (Å²) in [6.45, 7) is 3.79. The maximum absolute atomic E-state index is 13.1. The third kappa shape index (κ3) is 5.58. The number of piperazine rings is 1. The molecule has 1 fully saturated rings. The number of guanidine groups is 1. The van der Waals surface area contributed by atoms with Gasteiger partial charge in [-0.25, -0.2) is 4.39 Å². The molecule has 0 saturated carbocycles. The van der Waals surface area contributed by atoms with Crippen LogP contribution in [0.25, 0.3) is 0 Å². The first-order valence-electron chi connectivity index (χ1n) is 8.80. The van der Waals surface area contributed by atoms with E-state index in [4.69, 9.17) is 10.2 Å². The molecule has 0 radical (unpaired) electrons. The summed E-state index contributed by atoms with van der Waals surface area (Å²) in [5.74, 6) is 1.23. The quantitative estimate of drug-likeness (QED) is 0.400. The van der Waals surface area contributed by atoms with Crippen LogP contribution in [0.1, 0.15) is 11.8 Å². The third-order valence-corrected chi connectivity index (χ3v) is 4.72. The molecule has 0 aliphatic carbocycles. The monoisotopic (exact) mass is 487 g/mol. The highest BCUT2D eigenvalue weighted by Crippen LogP contribution is 2.19. The van der Waals surface area contributed by atoms with E-state index < -0.39 is 0 Å². The van der Waals surface area contributed by atoms with Crippen LogP contribution in [0, 0.1) is 5.82 Å². The summed E-state index contributed by atoms with van der Waals surface area (Å²) < 4.78 is 18.6. The number of rotatable bonds is 5. The number of hydrogen-bond donors (Lipinski definition) is 1. The first-order chi connectivity index (χ1) is 12.5. The summed E-state index contributed by atoms with van der Waals surface area (Å²) >= 11 is 0. The predicted molar refractivity (Wildman–Crippen MR) is 117 cm³/mol. The van der Waals surface area contributed by atoms with Gasteiger partial charge in [0.25, 0.3) is 0 Å². The molecule has 1 saturated heterocycles. The molecule has 148 valence electrons. The Balaban J connectivity index is 0.00000261. The zero-order valence-corrected chi connectivity index (χ0v) is 18.0. The SMILES string of the molecule is CN(C)C(CN=C(N)N1CCN(c2ccc(F)cc2)CC1)c1ccco1.I.